The number of tetrazole rings is 1. The van der Waals surface area contributed by atoms with Gasteiger partial charge in [0.05, 0.1) is 12.2 Å². The van der Waals surface area contributed by atoms with E-state index in [2.05, 4.69) is 20.8 Å². The van der Waals surface area contributed by atoms with Gasteiger partial charge in [0.1, 0.15) is 11.6 Å². The van der Waals surface area contributed by atoms with Gasteiger partial charge in [-0.2, -0.15) is 4.68 Å². The van der Waals surface area contributed by atoms with E-state index in [9.17, 15) is 9.18 Å². The topological polar surface area (TPSA) is 81.9 Å². The zero-order valence-electron chi connectivity index (χ0n) is 12.9. The molecule has 0 radical (unpaired) electrons. The second-order valence-electron chi connectivity index (χ2n) is 5.01. The third kappa shape index (κ3) is 4.51. The summed E-state index contributed by atoms with van der Waals surface area (Å²) in [5.74, 6) is 0.151. The minimum atomic E-state index is -0.403. The fourth-order valence-electron chi connectivity index (χ4n) is 2.03. The predicted octanol–water partition coefficient (Wildman–Crippen LogP) is 2.15. The van der Waals surface area contributed by atoms with Crippen LogP contribution in [0.25, 0.3) is 5.69 Å². The first-order chi connectivity index (χ1) is 12.1. The number of nitrogens with zero attached hydrogens (tertiary/aromatic N) is 4. The molecule has 0 fully saturated rings. The third-order valence-electron chi connectivity index (χ3n) is 3.21. The summed E-state index contributed by atoms with van der Waals surface area (Å²) in [6.45, 7) is -0.0878. The molecular weight excluding hydrogens is 349 g/mol. The summed E-state index contributed by atoms with van der Waals surface area (Å²) in [4.78, 5) is 11.9. The van der Waals surface area contributed by atoms with E-state index in [1.165, 1.54) is 16.8 Å². The van der Waals surface area contributed by atoms with Gasteiger partial charge in [-0.25, -0.2) is 4.39 Å². The van der Waals surface area contributed by atoms with Crippen LogP contribution in [0.4, 0.5) is 4.39 Å². The van der Waals surface area contributed by atoms with E-state index >= 15 is 0 Å². The Bertz CT molecular complexity index is 869. The van der Waals surface area contributed by atoms with Crippen LogP contribution in [-0.4, -0.2) is 32.7 Å². The van der Waals surface area contributed by atoms with Crippen molar-refractivity contribution in [3.8, 4) is 11.4 Å². The van der Waals surface area contributed by atoms with Gasteiger partial charge >= 0.3 is 0 Å². The molecule has 25 heavy (non-hydrogen) atoms. The smallest absolute Gasteiger partial charge is 0.258 e. The monoisotopic (exact) mass is 361 g/mol. The molecule has 3 rings (SSSR count). The molecule has 0 spiro atoms. The van der Waals surface area contributed by atoms with Crippen molar-refractivity contribution in [3.05, 3.63) is 65.2 Å². The number of carbonyl (C=O) groups is 1. The number of rotatable bonds is 6. The molecule has 0 saturated carbocycles. The maximum absolute atomic E-state index is 13.3. The average molecular weight is 362 g/mol. The lowest BCUT2D eigenvalue weighted by molar-refractivity contribution is -0.123. The summed E-state index contributed by atoms with van der Waals surface area (Å²) < 4.78 is 20.0. The number of aromatic nitrogens is 4. The molecular formula is C16H13ClFN5O2. The van der Waals surface area contributed by atoms with Crippen LogP contribution in [-0.2, 0) is 11.3 Å². The Morgan fingerprint density at radius 2 is 2.04 bits per heavy atom. The molecule has 0 saturated heterocycles. The number of hydrogen-bond acceptors (Lipinski definition) is 5. The fourth-order valence-corrected chi connectivity index (χ4v) is 2.16. The van der Waals surface area contributed by atoms with Gasteiger partial charge in [-0.1, -0.05) is 17.7 Å². The normalized spacial score (nSPS) is 10.5. The summed E-state index contributed by atoms with van der Waals surface area (Å²) in [6, 6.07) is 12.5. The van der Waals surface area contributed by atoms with Crippen LogP contribution in [0.2, 0.25) is 5.02 Å². The number of halogens is 2. The number of benzene rings is 2. The van der Waals surface area contributed by atoms with E-state index in [0.717, 1.165) is 0 Å². The Balaban J connectivity index is 1.56. The first-order valence-electron chi connectivity index (χ1n) is 7.30. The number of ether oxygens (including phenoxy) is 1. The highest BCUT2D eigenvalue weighted by molar-refractivity contribution is 6.30. The predicted molar refractivity (Wildman–Crippen MR) is 87.9 cm³/mol. The van der Waals surface area contributed by atoms with Gasteiger partial charge < -0.3 is 10.1 Å². The third-order valence-corrected chi connectivity index (χ3v) is 3.47. The van der Waals surface area contributed by atoms with Crippen LogP contribution in [0.5, 0.6) is 5.75 Å². The molecule has 0 bridgehead atoms. The van der Waals surface area contributed by atoms with Gasteiger partial charge in [0.15, 0.2) is 12.4 Å². The zero-order valence-corrected chi connectivity index (χ0v) is 13.7. The van der Waals surface area contributed by atoms with Gasteiger partial charge in [0.2, 0.25) is 0 Å². The Morgan fingerprint density at radius 3 is 2.80 bits per heavy atom. The fraction of sp³-hybridized carbons (Fsp3) is 0.125. The molecule has 0 aliphatic heterocycles. The van der Waals surface area contributed by atoms with Crippen molar-refractivity contribution in [1.29, 1.82) is 0 Å². The van der Waals surface area contributed by atoms with E-state index in [0.29, 0.717) is 22.3 Å². The average Bonchev–Trinajstić information content (AvgIpc) is 3.08. The highest BCUT2D eigenvalue weighted by Crippen LogP contribution is 2.15. The Morgan fingerprint density at radius 1 is 1.24 bits per heavy atom. The lowest BCUT2D eigenvalue weighted by Crippen LogP contribution is -2.29. The molecule has 2 aromatic carbocycles. The first kappa shape index (κ1) is 16.8. The van der Waals surface area contributed by atoms with Crippen molar-refractivity contribution >= 4 is 17.5 Å². The number of nitrogens with one attached hydrogen (secondary N) is 1. The zero-order chi connectivity index (χ0) is 17.6. The second-order valence-corrected chi connectivity index (χ2v) is 5.44. The molecule has 7 nitrogen and oxygen atoms in total. The maximum atomic E-state index is 13.3. The van der Waals surface area contributed by atoms with E-state index in [1.807, 2.05) is 0 Å². The lowest BCUT2D eigenvalue weighted by atomic mass is 10.3. The summed E-state index contributed by atoms with van der Waals surface area (Å²) in [6.07, 6.45) is 0. The minimum Gasteiger partial charge on any atom is -0.484 e. The highest BCUT2D eigenvalue weighted by Gasteiger charge is 2.11. The van der Waals surface area contributed by atoms with Crippen LogP contribution in [0, 0.1) is 5.82 Å². The SMILES string of the molecule is O=C(COc1ccc(Cl)cc1)NCc1nnnn1-c1cccc(F)c1. The van der Waals surface area contributed by atoms with Gasteiger partial charge in [0, 0.05) is 5.02 Å². The van der Waals surface area contributed by atoms with Crippen LogP contribution >= 0.6 is 11.6 Å². The van der Waals surface area contributed by atoms with Crippen molar-refractivity contribution in [3.63, 3.8) is 0 Å². The van der Waals surface area contributed by atoms with Gasteiger partial charge in [-0.3, -0.25) is 4.79 Å². The highest BCUT2D eigenvalue weighted by atomic mass is 35.5. The number of carbonyl (C=O) groups excluding carboxylic acids is 1. The summed E-state index contributed by atoms with van der Waals surface area (Å²) >= 11 is 5.78. The summed E-state index contributed by atoms with van der Waals surface area (Å²) in [7, 11) is 0. The molecule has 1 aromatic heterocycles. The molecule has 3 aromatic rings. The Hall–Kier alpha value is -3.00. The van der Waals surface area contributed by atoms with Crippen LogP contribution in [0.15, 0.2) is 48.5 Å². The molecule has 1 heterocycles. The second kappa shape index (κ2) is 7.71. The molecule has 1 amide bonds. The van der Waals surface area contributed by atoms with Crippen LogP contribution in [0.3, 0.4) is 0 Å². The standard InChI is InChI=1S/C16H13ClFN5O2/c17-11-4-6-14(7-5-11)25-10-16(24)19-9-15-20-21-22-23(15)13-3-1-2-12(18)8-13/h1-8H,9-10H2,(H,19,24). The Labute approximate surface area is 147 Å². The summed E-state index contributed by atoms with van der Waals surface area (Å²) in [5.41, 5.74) is 0.465. The van der Waals surface area contributed by atoms with Crippen molar-refractivity contribution in [2.24, 2.45) is 0 Å². The number of hydrogen-bond donors (Lipinski definition) is 1. The molecule has 9 heteroatoms. The molecule has 0 aliphatic rings. The molecule has 128 valence electrons. The van der Waals surface area contributed by atoms with Crippen molar-refractivity contribution in [1.82, 2.24) is 25.5 Å². The minimum absolute atomic E-state index is 0.0757. The molecule has 0 aliphatic carbocycles. The summed E-state index contributed by atoms with van der Waals surface area (Å²) in [5, 5.41) is 14.4. The Kier molecular flexibility index (Phi) is 5.20. The van der Waals surface area contributed by atoms with E-state index in [4.69, 9.17) is 16.3 Å². The lowest BCUT2D eigenvalue weighted by Gasteiger charge is -2.08. The first-order valence-corrected chi connectivity index (χ1v) is 7.68. The van der Waals surface area contributed by atoms with Gasteiger partial charge in [0.25, 0.3) is 5.91 Å². The van der Waals surface area contributed by atoms with Crippen LogP contribution in [0.1, 0.15) is 5.82 Å². The quantitative estimate of drug-likeness (QED) is 0.727. The van der Waals surface area contributed by atoms with Gasteiger partial charge in [-0.15, -0.1) is 5.10 Å². The largest absolute Gasteiger partial charge is 0.484 e. The van der Waals surface area contributed by atoms with E-state index < -0.39 is 5.82 Å². The van der Waals surface area contributed by atoms with Crippen molar-refractivity contribution in [2.45, 2.75) is 6.54 Å². The van der Waals surface area contributed by atoms with Crippen LogP contribution < -0.4 is 10.1 Å². The van der Waals surface area contributed by atoms with E-state index in [-0.39, 0.29) is 19.1 Å². The molecule has 0 unspecified atom stereocenters. The van der Waals surface area contributed by atoms with Crippen molar-refractivity contribution in [2.75, 3.05) is 6.61 Å². The van der Waals surface area contributed by atoms with Crippen molar-refractivity contribution < 1.29 is 13.9 Å². The van der Waals surface area contributed by atoms with Gasteiger partial charge in [-0.05, 0) is 52.9 Å². The van der Waals surface area contributed by atoms with E-state index in [1.54, 1.807) is 36.4 Å². The molecule has 1 N–H and O–H groups in total. The molecule has 0 atom stereocenters. The number of amides is 1. The maximum Gasteiger partial charge on any atom is 0.258 e.